The van der Waals surface area contributed by atoms with Gasteiger partial charge in [-0.25, -0.2) is 15.0 Å². The zero-order valence-corrected chi connectivity index (χ0v) is 12.8. The molecule has 20 heavy (non-hydrogen) atoms. The van der Waals surface area contributed by atoms with Gasteiger partial charge in [0.05, 0.1) is 12.5 Å². The van der Waals surface area contributed by atoms with Crippen LogP contribution in [-0.2, 0) is 13.0 Å². The number of nitrogens with zero attached hydrogens (tertiary/aromatic N) is 4. The molecule has 0 saturated carbocycles. The number of aromatic nitrogens is 4. The smallest absolute Gasteiger partial charge is 0.180 e. The minimum absolute atomic E-state index is 0.748. The molecule has 0 fully saturated rings. The predicted molar refractivity (Wildman–Crippen MR) is 81.8 cm³/mol. The summed E-state index contributed by atoms with van der Waals surface area (Å²) in [5.41, 5.74) is 3.21. The lowest BCUT2D eigenvalue weighted by Gasteiger charge is -2.14. The molecule has 5 heteroatoms. The van der Waals surface area contributed by atoms with E-state index in [2.05, 4.69) is 40.6 Å². The van der Waals surface area contributed by atoms with Crippen LogP contribution in [0.5, 0.6) is 0 Å². The Balaban J connectivity index is 2.47. The van der Waals surface area contributed by atoms with Crippen molar-refractivity contribution in [3.63, 3.8) is 0 Å². The van der Waals surface area contributed by atoms with Crippen molar-refractivity contribution < 1.29 is 0 Å². The maximum atomic E-state index is 4.71. The van der Waals surface area contributed by atoms with E-state index in [0.29, 0.717) is 0 Å². The first-order valence-corrected chi connectivity index (χ1v) is 7.33. The van der Waals surface area contributed by atoms with Crippen LogP contribution in [0.25, 0.3) is 11.5 Å². The van der Waals surface area contributed by atoms with Gasteiger partial charge in [-0.3, -0.25) is 0 Å². The second-order valence-electron chi connectivity index (χ2n) is 4.81. The van der Waals surface area contributed by atoms with Crippen LogP contribution in [-0.4, -0.2) is 26.1 Å². The van der Waals surface area contributed by atoms with E-state index in [9.17, 15) is 0 Å². The van der Waals surface area contributed by atoms with Crippen LogP contribution >= 0.6 is 0 Å². The molecule has 2 heterocycles. The predicted octanol–water partition coefficient (Wildman–Crippen LogP) is 3.05. The van der Waals surface area contributed by atoms with Gasteiger partial charge < -0.3 is 9.88 Å². The number of rotatable bonds is 6. The third-order valence-electron chi connectivity index (χ3n) is 3.39. The number of imidazole rings is 1. The van der Waals surface area contributed by atoms with Gasteiger partial charge in [0.25, 0.3) is 0 Å². The highest BCUT2D eigenvalue weighted by molar-refractivity contribution is 5.56. The van der Waals surface area contributed by atoms with Crippen LogP contribution in [0.3, 0.4) is 0 Å². The summed E-state index contributed by atoms with van der Waals surface area (Å²) in [5.74, 6) is 1.71. The molecular weight excluding hydrogens is 250 g/mol. The summed E-state index contributed by atoms with van der Waals surface area (Å²) in [5, 5.41) is 3.41. The lowest BCUT2D eigenvalue weighted by molar-refractivity contribution is 0.762. The van der Waals surface area contributed by atoms with Crippen molar-refractivity contribution in [3.8, 4) is 11.5 Å². The van der Waals surface area contributed by atoms with Crippen LogP contribution in [0.4, 0.5) is 5.82 Å². The molecule has 2 aromatic heterocycles. The molecule has 5 nitrogen and oxygen atoms in total. The van der Waals surface area contributed by atoms with Crippen molar-refractivity contribution in [2.45, 2.75) is 47.1 Å². The van der Waals surface area contributed by atoms with Gasteiger partial charge in [-0.1, -0.05) is 13.8 Å². The van der Waals surface area contributed by atoms with Gasteiger partial charge in [-0.2, -0.15) is 0 Å². The molecule has 2 rings (SSSR count). The van der Waals surface area contributed by atoms with E-state index in [1.165, 1.54) is 5.56 Å². The van der Waals surface area contributed by atoms with Gasteiger partial charge in [0, 0.05) is 24.3 Å². The molecule has 0 aliphatic heterocycles. The fourth-order valence-corrected chi connectivity index (χ4v) is 2.28. The second-order valence-corrected chi connectivity index (χ2v) is 4.81. The second kappa shape index (κ2) is 6.50. The van der Waals surface area contributed by atoms with Crippen LogP contribution in [0.2, 0.25) is 0 Å². The van der Waals surface area contributed by atoms with Crippen molar-refractivity contribution in [3.05, 3.63) is 23.8 Å². The maximum absolute atomic E-state index is 4.71. The van der Waals surface area contributed by atoms with Gasteiger partial charge in [0.15, 0.2) is 5.82 Å². The SMILES string of the molecule is CCCNc1nc(-c2cncn2CC)nc(C)c1CC. The first-order valence-electron chi connectivity index (χ1n) is 7.33. The molecule has 0 aromatic carbocycles. The number of nitrogens with one attached hydrogen (secondary N) is 1. The lowest BCUT2D eigenvalue weighted by atomic mass is 10.1. The minimum atomic E-state index is 0.748. The summed E-state index contributed by atoms with van der Waals surface area (Å²) in [7, 11) is 0. The summed E-state index contributed by atoms with van der Waals surface area (Å²) in [4.78, 5) is 13.6. The summed E-state index contributed by atoms with van der Waals surface area (Å²) in [6.45, 7) is 10.2. The average molecular weight is 273 g/mol. The summed E-state index contributed by atoms with van der Waals surface area (Å²) in [6, 6.07) is 0. The topological polar surface area (TPSA) is 55.6 Å². The van der Waals surface area contributed by atoms with Gasteiger partial charge >= 0.3 is 0 Å². The van der Waals surface area contributed by atoms with E-state index >= 15 is 0 Å². The molecule has 108 valence electrons. The van der Waals surface area contributed by atoms with Crippen molar-refractivity contribution in [1.82, 2.24) is 19.5 Å². The highest BCUT2D eigenvalue weighted by Gasteiger charge is 2.13. The van der Waals surface area contributed by atoms with Gasteiger partial charge in [0.2, 0.25) is 0 Å². The minimum Gasteiger partial charge on any atom is -0.370 e. The number of hydrogen-bond donors (Lipinski definition) is 1. The van der Waals surface area contributed by atoms with E-state index in [0.717, 1.165) is 49.0 Å². The third-order valence-corrected chi connectivity index (χ3v) is 3.39. The molecule has 1 N–H and O–H groups in total. The fourth-order valence-electron chi connectivity index (χ4n) is 2.28. The molecule has 0 amide bonds. The van der Waals surface area contributed by atoms with Gasteiger partial charge in [0.1, 0.15) is 11.5 Å². The van der Waals surface area contributed by atoms with E-state index in [-0.39, 0.29) is 0 Å². The molecule has 0 aliphatic rings. The molecule has 0 saturated heterocycles. The van der Waals surface area contributed by atoms with E-state index in [1.807, 2.05) is 19.4 Å². The summed E-state index contributed by atoms with van der Waals surface area (Å²) >= 11 is 0. The molecule has 0 atom stereocenters. The van der Waals surface area contributed by atoms with Gasteiger partial charge in [-0.15, -0.1) is 0 Å². The Hall–Kier alpha value is -1.91. The number of hydrogen-bond acceptors (Lipinski definition) is 4. The zero-order valence-electron chi connectivity index (χ0n) is 12.8. The van der Waals surface area contributed by atoms with E-state index in [1.54, 1.807) is 0 Å². The Kier molecular flexibility index (Phi) is 4.71. The Bertz CT molecular complexity index is 574. The van der Waals surface area contributed by atoms with Crippen LogP contribution in [0.15, 0.2) is 12.5 Å². The monoisotopic (exact) mass is 273 g/mol. The molecular formula is C15H23N5. The Morgan fingerprint density at radius 3 is 2.65 bits per heavy atom. The largest absolute Gasteiger partial charge is 0.370 e. The summed E-state index contributed by atoms with van der Waals surface area (Å²) in [6.07, 6.45) is 5.66. The third kappa shape index (κ3) is 2.81. The van der Waals surface area contributed by atoms with Gasteiger partial charge in [-0.05, 0) is 26.7 Å². The number of anilines is 1. The first kappa shape index (κ1) is 14.5. The highest BCUT2D eigenvalue weighted by Crippen LogP contribution is 2.22. The fraction of sp³-hybridized carbons (Fsp3) is 0.533. The molecule has 0 spiro atoms. The molecule has 0 unspecified atom stereocenters. The Morgan fingerprint density at radius 1 is 1.20 bits per heavy atom. The van der Waals surface area contributed by atoms with Crippen molar-refractivity contribution in [2.24, 2.45) is 0 Å². The first-order chi connectivity index (χ1) is 9.71. The van der Waals surface area contributed by atoms with Crippen molar-refractivity contribution in [1.29, 1.82) is 0 Å². The standard InChI is InChI=1S/C15H23N5/c1-5-8-17-14-12(6-2)11(4)18-15(19-14)13-9-16-10-20(13)7-3/h9-10H,5-8H2,1-4H3,(H,17,18,19). The summed E-state index contributed by atoms with van der Waals surface area (Å²) < 4.78 is 2.06. The zero-order chi connectivity index (χ0) is 14.5. The maximum Gasteiger partial charge on any atom is 0.180 e. The van der Waals surface area contributed by atoms with Crippen molar-refractivity contribution >= 4 is 5.82 Å². The van der Waals surface area contributed by atoms with E-state index < -0.39 is 0 Å². The van der Waals surface area contributed by atoms with Crippen LogP contribution in [0.1, 0.15) is 38.4 Å². The average Bonchev–Trinajstić information content (AvgIpc) is 2.93. The highest BCUT2D eigenvalue weighted by atomic mass is 15.1. The van der Waals surface area contributed by atoms with Crippen LogP contribution in [0, 0.1) is 6.92 Å². The number of aryl methyl sites for hydroxylation is 2. The normalized spacial score (nSPS) is 10.8. The van der Waals surface area contributed by atoms with Crippen LogP contribution < -0.4 is 5.32 Å². The molecule has 0 aliphatic carbocycles. The molecule has 0 radical (unpaired) electrons. The van der Waals surface area contributed by atoms with Crippen molar-refractivity contribution in [2.75, 3.05) is 11.9 Å². The quantitative estimate of drug-likeness (QED) is 0.879. The lowest BCUT2D eigenvalue weighted by Crippen LogP contribution is -2.10. The Labute approximate surface area is 120 Å². The van der Waals surface area contributed by atoms with E-state index in [4.69, 9.17) is 4.98 Å². The molecule has 2 aromatic rings. The Morgan fingerprint density at radius 2 is 2.00 bits per heavy atom. The molecule has 0 bridgehead atoms.